The Labute approximate surface area is 133 Å². The lowest BCUT2D eigenvalue weighted by Crippen LogP contribution is -2.39. The number of rotatable bonds is 5. The van der Waals surface area contributed by atoms with Crippen molar-refractivity contribution in [3.63, 3.8) is 0 Å². The Balaban J connectivity index is 1.62. The van der Waals surface area contributed by atoms with Crippen LogP contribution >= 0.6 is 0 Å². The molecule has 0 spiro atoms. The zero-order valence-corrected chi connectivity index (χ0v) is 13.4. The Morgan fingerprint density at radius 3 is 2.39 bits per heavy atom. The quantitative estimate of drug-likeness (QED) is 0.704. The highest BCUT2D eigenvalue weighted by molar-refractivity contribution is 7.82. The third kappa shape index (κ3) is 4.26. The van der Waals surface area contributed by atoms with Crippen LogP contribution in [0.5, 0.6) is 0 Å². The first-order valence-corrected chi connectivity index (χ1v) is 9.32. The molecule has 128 valence electrons. The van der Waals surface area contributed by atoms with Crippen molar-refractivity contribution in [3.05, 3.63) is 35.9 Å². The summed E-state index contributed by atoms with van der Waals surface area (Å²) < 4.78 is 69.2. The number of ether oxygens (including phenoxy) is 1. The molecule has 0 N–H and O–H groups in total. The second-order valence-electron chi connectivity index (χ2n) is 4.93. The van der Waals surface area contributed by atoms with Gasteiger partial charge in [-0.05, 0) is 5.56 Å². The van der Waals surface area contributed by atoms with Crippen LogP contribution in [0.1, 0.15) is 5.56 Å². The van der Waals surface area contributed by atoms with E-state index in [9.17, 15) is 16.8 Å². The summed E-state index contributed by atoms with van der Waals surface area (Å²) in [6.45, 7) is -0.215. The highest BCUT2D eigenvalue weighted by Gasteiger charge is 2.49. The van der Waals surface area contributed by atoms with Crippen LogP contribution in [0.4, 0.5) is 0 Å². The summed E-state index contributed by atoms with van der Waals surface area (Å²) >= 11 is 0. The molecule has 0 amide bonds. The van der Waals surface area contributed by atoms with Gasteiger partial charge in [-0.15, -0.1) is 0 Å². The van der Waals surface area contributed by atoms with E-state index in [-0.39, 0.29) is 19.8 Å². The van der Waals surface area contributed by atoms with Gasteiger partial charge in [-0.1, -0.05) is 30.3 Å². The van der Waals surface area contributed by atoms with Gasteiger partial charge in [-0.25, -0.2) is 16.7 Å². The van der Waals surface area contributed by atoms with Gasteiger partial charge in [-0.2, -0.15) is 16.8 Å². The lowest BCUT2D eigenvalue weighted by Gasteiger charge is -2.17. The van der Waals surface area contributed by atoms with E-state index in [4.69, 9.17) is 13.1 Å². The Hall–Kier alpha value is -1.08. The second-order valence-corrected chi connectivity index (χ2v) is 7.38. The SMILES string of the molecule is O=S1(=O)OC[C@@H]([C@H]2OS(=O)(=O)O[C@@H]2COCc2ccccc2)O1. The van der Waals surface area contributed by atoms with Crippen LogP contribution < -0.4 is 0 Å². The van der Waals surface area contributed by atoms with E-state index in [2.05, 4.69) is 8.37 Å². The van der Waals surface area contributed by atoms with Crippen molar-refractivity contribution >= 4 is 20.8 Å². The molecule has 0 unspecified atom stereocenters. The first-order chi connectivity index (χ1) is 10.8. The normalized spacial score (nSPS) is 32.1. The van der Waals surface area contributed by atoms with E-state index < -0.39 is 39.1 Å². The van der Waals surface area contributed by atoms with Crippen LogP contribution in [0.3, 0.4) is 0 Å². The fourth-order valence-electron chi connectivity index (χ4n) is 2.22. The average molecular weight is 366 g/mol. The Morgan fingerprint density at radius 1 is 1.00 bits per heavy atom. The molecule has 2 aliphatic heterocycles. The third-order valence-electron chi connectivity index (χ3n) is 3.22. The maximum Gasteiger partial charge on any atom is 0.400 e. The highest BCUT2D eigenvalue weighted by Crippen LogP contribution is 2.29. The largest absolute Gasteiger partial charge is 0.400 e. The van der Waals surface area contributed by atoms with Crippen molar-refractivity contribution < 1.29 is 38.3 Å². The minimum atomic E-state index is -4.22. The van der Waals surface area contributed by atoms with Gasteiger partial charge in [-0.3, -0.25) is 0 Å². The van der Waals surface area contributed by atoms with E-state index >= 15 is 0 Å². The fourth-order valence-corrected chi connectivity index (χ4v) is 4.08. The van der Waals surface area contributed by atoms with Crippen molar-refractivity contribution in [1.29, 1.82) is 0 Å². The fraction of sp³-hybridized carbons (Fsp3) is 0.500. The lowest BCUT2D eigenvalue weighted by atomic mass is 10.1. The smallest absolute Gasteiger partial charge is 0.374 e. The summed E-state index contributed by atoms with van der Waals surface area (Å²) in [7, 11) is -8.35. The molecule has 0 aliphatic carbocycles. The topological polar surface area (TPSA) is 114 Å². The summed E-state index contributed by atoms with van der Waals surface area (Å²) in [5, 5.41) is 0. The van der Waals surface area contributed by atoms with Gasteiger partial charge in [0.05, 0.1) is 19.8 Å². The van der Waals surface area contributed by atoms with Gasteiger partial charge in [0.1, 0.15) is 18.3 Å². The zero-order chi connectivity index (χ0) is 16.5. The average Bonchev–Trinajstić information content (AvgIpc) is 2.99. The van der Waals surface area contributed by atoms with E-state index in [1.54, 1.807) is 0 Å². The lowest BCUT2D eigenvalue weighted by molar-refractivity contribution is -0.00811. The summed E-state index contributed by atoms with van der Waals surface area (Å²) in [6, 6.07) is 9.24. The van der Waals surface area contributed by atoms with Gasteiger partial charge in [0.2, 0.25) is 0 Å². The van der Waals surface area contributed by atoms with Crippen molar-refractivity contribution in [1.82, 2.24) is 0 Å². The molecule has 2 saturated heterocycles. The molecule has 1 aromatic carbocycles. The first-order valence-electron chi connectivity index (χ1n) is 6.65. The molecule has 0 aromatic heterocycles. The minimum Gasteiger partial charge on any atom is -0.374 e. The van der Waals surface area contributed by atoms with E-state index in [0.717, 1.165) is 5.56 Å². The van der Waals surface area contributed by atoms with E-state index in [1.165, 1.54) is 0 Å². The molecule has 9 nitrogen and oxygen atoms in total. The second kappa shape index (κ2) is 6.43. The van der Waals surface area contributed by atoms with Crippen LogP contribution in [0.2, 0.25) is 0 Å². The molecule has 0 radical (unpaired) electrons. The summed E-state index contributed by atoms with van der Waals surface area (Å²) in [6.07, 6.45) is -3.29. The molecule has 23 heavy (non-hydrogen) atoms. The number of benzene rings is 1. The summed E-state index contributed by atoms with van der Waals surface area (Å²) in [5.41, 5.74) is 0.897. The Morgan fingerprint density at radius 2 is 1.74 bits per heavy atom. The van der Waals surface area contributed by atoms with Gasteiger partial charge >= 0.3 is 20.8 Å². The van der Waals surface area contributed by atoms with Crippen LogP contribution in [-0.4, -0.2) is 48.4 Å². The van der Waals surface area contributed by atoms with Gasteiger partial charge in [0.25, 0.3) is 0 Å². The van der Waals surface area contributed by atoms with E-state index in [0.29, 0.717) is 0 Å². The van der Waals surface area contributed by atoms with Crippen LogP contribution in [0.25, 0.3) is 0 Å². The van der Waals surface area contributed by atoms with Gasteiger partial charge < -0.3 is 4.74 Å². The molecule has 2 heterocycles. The zero-order valence-electron chi connectivity index (χ0n) is 11.7. The Bertz CT molecular complexity index is 744. The van der Waals surface area contributed by atoms with Gasteiger partial charge in [0, 0.05) is 0 Å². The van der Waals surface area contributed by atoms with E-state index in [1.807, 2.05) is 30.3 Å². The standard InChI is InChI=1S/C12H14O9S2/c13-22(14)18-8-11(19-22)12-10(20-23(15,16)21-12)7-17-6-9-4-2-1-3-5-9/h1-5,10-12H,6-8H2/t10-,11+,12+/m1/s1. The summed E-state index contributed by atoms with van der Waals surface area (Å²) in [5.74, 6) is 0. The van der Waals surface area contributed by atoms with Crippen molar-refractivity contribution in [2.45, 2.75) is 24.9 Å². The number of hydrogen-bond donors (Lipinski definition) is 0. The molecular weight excluding hydrogens is 352 g/mol. The van der Waals surface area contributed by atoms with Gasteiger partial charge in [0.15, 0.2) is 0 Å². The molecule has 3 atom stereocenters. The molecule has 2 aliphatic rings. The predicted octanol–water partition coefficient (Wildman–Crippen LogP) is -0.108. The van der Waals surface area contributed by atoms with Crippen LogP contribution in [0, 0.1) is 0 Å². The minimum absolute atomic E-state index is 0.112. The maximum atomic E-state index is 11.5. The van der Waals surface area contributed by atoms with Crippen LogP contribution in [-0.2, 0) is 48.9 Å². The molecule has 1 aromatic rings. The molecule has 0 bridgehead atoms. The van der Waals surface area contributed by atoms with Crippen molar-refractivity contribution in [2.24, 2.45) is 0 Å². The summed E-state index contributed by atoms with van der Waals surface area (Å²) in [4.78, 5) is 0. The maximum absolute atomic E-state index is 11.5. The van der Waals surface area contributed by atoms with Crippen molar-refractivity contribution in [2.75, 3.05) is 13.2 Å². The Kier molecular flexibility index (Phi) is 4.69. The molecule has 0 saturated carbocycles. The molecule has 3 rings (SSSR count). The van der Waals surface area contributed by atoms with Crippen molar-refractivity contribution in [3.8, 4) is 0 Å². The third-order valence-corrected chi connectivity index (χ3v) is 5.06. The first kappa shape index (κ1) is 16.8. The molecule has 11 heteroatoms. The predicted molar refractivity (Wildman–Crippen MR) is 74.5 cm³/mol. The molecular formula is C12H14O9S2. The molecule has 2 fully saturated rings. The monoisotopic (exact) mass is 366 g/mol. The highest BCUT2D eigenvalue weighted by atomic mass is 32.3. The van der Waals surface area contributed by atoms with Crippen LogP contribution in [0.15, 0.2) is 30.3 Å². The number of hydrogen-bond acceptors (Lipinski definition) is 9.